The van der Waals surface area contributed by atoms with Crippen LogP contribution in [0.5, 0.6) is 6.01 Å². The summed E-state index contributed by atoms with van der Waals surface area (Å²) in [5.74, 6) is 0.535. The van der Waals surface area contributed by atoms with Crippen molar-refractivity contribution in [3.05, 3.63) is 0 Å². The van der Waals surface area contributed by atoms with Gasteiger partial charge in [-0.2, -0.15) is 15.0 Å². The molecule has 4 N–H and O–H groups in total. The van der Waals surface area contributed by atoms with Gasteiger partial charge in [0.1, 0.15) is 0 Å². The molecule has 1 unspecified atom stereocenters. The topological polar surface area (TPSA) is 106 Å². The minimum absolute atomic E-state index is 0.133. The molecule has 1 aromatic rings. The Morgan fingerprint density at radius 3 is 2.83 bits per heavy atom. The molecule has 102 valence electrons. The molecule has 1 aromatic heterocycles. The largest absolute Gasteiger partial charge is 0.463 e. The normalized spacial score (nSPS) is 12.2. The van der Waals surface area contributed by atoms with Crippen molar-refractivity contribution < 1.29 is 9.84 Å². The Bertz CT molecular complexity index is 359. The highest BCUT2D eigenvalue weighted by Gasteiger charge is 2.05. The van der Waals surface area contributed by atoms with Gasteiger partial charge in [0, 0.05) is 6.54 Å². The van der Waals surface area contributed by atoms with Crippen molar-refractivity contribution in [1.82, 2.24) is 15.0 Å². The Morgan fingerprint density at radius 1 is 1.39 bits per heavy atom. The second-order valence-electron chi connectivity index (χ2n) is 4.07. The van der Waals surface area contributed by atoms with Crippen molar-refractivity contribution in [2.24, 2.45) is 0 Å². The molecule has 0 aliphatic heterocycles. The third kappa shape index (κ3) is 5.62. The van der Waals surface area contributed by atoms with Gasteiger partial charge in [0.25, 0.3) is 0 Å². The van der Waals surface area contributed by atoms with Crippen LogP contribution in [0.4, 0.5) is 11.9 Å². The van der Waals surface area contributed by atoms with Crippen molar-refractivity contribution in [2.45, 2.75) is 39.2 Å². The van der Waals surface area contributed by atoms with Crippen LogP contribution in [0.1, 0.15) is 33.1 Å². The van der Waals surface area contributed by atoms with Crippen LogP contribution in [0.15, 0.2) is 0 Å². The Balaban J connectivity index is 2.46. The molecule has 1 atom stereocenters. The van der Waals surface area contributed by atoms with Crippen LogP contribution >= 0.6 is 0 Å². The van der Waals surface area contributed by atoms with Crippen molar-refractivity contribution in [1.29, 1.82) is 0 Å². The number of hydrogen-bond donors (Lipinski definition) is 3. The van der Waals surface area contributed by atoms with Crippen LogP contribution in [0.3, 0.4) is 0 Å². The average Bonchev–Trinajstić information content (AvgIpc) is 2.31. The number of hydrogen-bond acceptors (Lipinski definition) is 7. The number of nitrogen functional groups attached to an aromatic ring is 1. The van der Waals surface area contributed by atoms with Crippen molar-refractivity contribution >= 4 is 11.9 Å². The summed E-state index contributed by atoms with van der Waals surface area (Å²) in [6.07, 6.45) is 2.14. The molecule has 1 heterocycles. The van der Waals surface area contributed by atoms with E-state index in [9.17, 15) is 0 Å². The standard InChI is InChI=1S/C11H21N5O2/c1-3-7-18-11-15-9(12)14-10(16-11)13-6-4-5-8(2)17/h8,17H,3-7H2,1-2H3,(H3,12,13,14,15,16). The molecule has 0 radical (unpaired) electrons. The number of rotatable bonds is 8. The number of nitrogens with one attached hydrogen (secondary N) is 1. The molecule has 0 saturated carbocycles. The van der Waals surface area contributed by atoms with E-state index in [0.717, 1.165) is 19.3 Å². The third-order valence-corrected chi connectivity index (χ3v) is 2.15. The van der Waals surface area contributed by atoms with Crippen LogP contribution < -0.4 is 15.8 Å². The molecule has 0 amide bonds. The van der Waals surface area contributed by atoms with Gasteiger partial charge >= 0.3 is 6.01 Å². The Morgan fingerprint density at radius 2 is 2.17 bits per heavy atom. The molecular formula is C11H21N5O2. The van der Waals surface area contributed by atoms with Crippen LogP contribution in [0.2, 0.25) is 0 Å². The number of anilines is 2. The summed E-state index contributed by atoms with van der Waals surface area (Å²) in [5.41, 5.74) is 5.56. The third-order valence-electron chi connectivity index (χ3n) is 2.15. The van der Waals surface area contributed by atoms with Gasteiger partial charge in [-0.05, 0) is 26.2 Å². The van der Waals surface area contributed by atoms with Gasteiger partial charge in [0.2, 0.25) is 11.9 Å². The van der Waals surface area contributed by atoms with Crippen LogP contribution in [-0.2, 0) is 0 Å². The lowest BCUT2D eigenvalue weighted by Crippen LogP contribution is -2.11. The second-order valence-corrected chi connectivity index (χ2v) is 4.07. The Labute approximate surface area is 107 Å². The van der Waals surface area contributed by atoms with Crippen LogP contribution in [0.25, 0.3) is 0 Å². The van der Waals surface area contributed by atoms with Crippen LogP contribution in [-0.4, -0.2) is 39.3 Å². The molecule has 18 heavy (non-hydrogen) atoms. The summed E-state index contributed by atoms with van der Waals surface area (Å²) in [6.45, 7) is 4.98. The average molecular weight is 255 g/mol. The SMILES string of the molecule is CCCOc1nc(N)nc(NCCCC(C)O)n1. The maximum atomic E-state index is 9.13. The predicted octanol–water partition coefficient (Wildman–Crippen LogP) is 0.815. The zero-order valence-corrected chi connectivity index (χ0v) is 10.9. The molecule has 0 aromatic carbocycles. The first-order chi connectivity index (χ1) is 8.61. The minimum atomic E-state index is -0.293. The fraction of sp³-hybridized carbons (Fsp3) is 0.727. The Hall–Kier alpha value is -1.63. The highest BCUT2D eigenvalue weighted by Crippen LogP contribution is 2.09. The molecular weight excluding hydrogens is 234 g/mol. The van der Waals surface area contributed by atoms with E-state index in [-0.39, 0.29) is 18.1 Å². The number of ether oxygens (including phenoxy) is 1. The summed E-state index contributed by atoms with van der Waals surface area (Å²) in [7, 11) is 0. The van der Waals surface area contributed by atoms with E-state index in [1.165, 1.54) is 0 Å². The molecule has 7 nitrogen and oxygen atoms in total. The summed E-state index contributed by atoms with van der Waals surface area (Å²) in [5, 5.41) is 12.2. The summed E-state index contributed by atoms with van der Waals surface area (Å²) >= 11 is 0. The fourth-order valence-electron chi connectivity index (χ4n) is 1.31. The van der Waals surface area contributed by atoms with E-state index in [1.807, 2.05) is 6.92 Å². The second kappa shape index (κ2) is 7.65. The first kappa shape index (κ1) is 14.4. The van der Waals surface area contributed by atoms with Gasteiger partial charge in [0.15, 0.2) is 0 Å². The molecule has 0 spiro atoms. The highest BCUT2D eigenvalue weighted by molar-refractivity contribution is 5.32. The van der Waals surface area contributed by atoms with Gasteiger partial charge in [0.05, 0.1) is 12.7 Å². The molecule has 0 aliphatic carbocycles. The summed E-state index contributed by atoms with van der Waals surface area (Å²) < 4.78 is 5.30. The van der Waals surface area contributed by atoms with Crippen LogP contribution in [0, 0.1) is 0 Å². The molecule has 7 heteroatoms. The molecule has 0 aliphatic rings. The molecule has 0 saturated heterocycles. The maximum absolute atomic E-state index is 9.13. The zero-order chi connectivity index (χ0) is 13.4. The summed E-state index contributed by atoms with van der Waals surface area (Å²) in [6, 6.07) is 0.238. The van der Waals surface area contributed by atoms with E-state index in [4.69, 9.17) is 15.6 Å². The van der Waals surface area contributed by atoms with E-state index < -0.39 is 0 Å². The summed E-state index contributed by atoms with van der Waals surface area (Å²) in [4.78, 5) is 11.9. The van der Waals surface area contributed by atoms with Gasteiger partial charge in [-0.25, -0.2) is 0 Å². The van der Waals surface area contributed by atoms with Crippen molar-refractivity contribution in [2.75, 3.05) is 24.2 Å². The fourth-order valence-corrected chi connectivity index (χ4v) is 1.31. The smallest absolute Gasteiger partial charge is 0.323 e. The monoisotopic (exact) mass is 255 g/mol. The first-order valence-electron chi connectivity index (χ1n) is 6.18. The number of aromatic nitrogens is 3. The lowest BCUT2D eigenvalue weighted by Gasteiger charge is -2.08. The zero-order valence-electron chi connectivity index (χ0n) is 10.9. The van der Waals surface area contributed by atoms with E-state index >= 15 is 0 Å². The number of nitrogens with zero attached hydrogens (tertiary/aromatic N) is 3. The number of aliphatic hydroxyl groups excluding tert-OH is 1. The maximum Gasteiger partial charge on any atom is 0.323 e. The van der Waals surface area contributed by atoms with Gasteiger partial charge in [-0.15, -0.1) is 0 Å². The van der Waals surface area contributed by atoms with E-state index in [2.05, 4.69) is 20.3 Å². The molecule has 0 bridgehead atoms. The number of nitrogens with two attached hydrogens (primary N) is 1. The van der Waals surface area contributed by atoms with Crippen molar-refractivity contribution in [3.63, 3.8) is 0 Å². The highest BCUT2D eigenvalue weighted by atomic mass is 16.5. The van der Waals surface area contributed by atoms with Crippen molar-refractivity contribution in [3.8, 4) is 6.01 Å². The number of aliphatic hydroxyl groups is 1. The first-order valence-corrected chi connectivity index (χ1v) is 6.18. The predicted molar refractivity (Wildman–Crippen MR) is 69.4 cm³/mol. The lowest BCUT2D eigenvalue weighted by atomic mass is 10.2. The van der Waals surface area contributed by atoms with E-state index in [1.54, 1.807) is 6.92 Å². The van der Waals surface area contributed by atoms with Gasteiger partial charge in [-0.3, -0.25) is 0 Å². The van der Waals surface area contributed by atoms with Gasteiger partial charge < -0.3 is 20.9 Å². The minimum Gasteiger partial charge on any atom is -0.463 e. The Kier molecular flexibility index (Phi) is 6.13. The molecule has 0 fully saturated rings. The molecule has 1 rings (SSSR count). The quantitative estimate of drug-likeness (QED) is 0.590. The van der Waals surface area contributed by atoms with E-state index in [0.29, 0.717) is 19.1 Å². The van der Waals surface area contributed by atoms with Gasteiger partial charge in [-0.1, -0.05) is 6.92 Å². The lowest BCUT2D eigenvalue weighted by molar-refractivity contribution is 0.183.